The fraction of sp³-hybridized carbons (Fsp3) is 0.536. The van der Waals surface area contributed by atoms with Gasteiger partial charge in [-0.25, -0.2) is 13.2 Å². The topological polar surface area (TPSA) is 79.0 Å². The second-order valence-corrected chi connectivity index (χ2v) is 12.4. The lowest BCUT2D eigenvalue weighted by Gasteiger charge is -2.38. The summed E-state index contributed by atoms with van der Waals surface area (Å²) in [7, 11) is -2.04. The van der Waals surface area contributed by atoms with Gasteiger partial charge in [0.2, 0.25) is 10.0 Å². The van der Waals surface area contributed by atoms with E-state index in [2.05, 4.69) is 44.3 Å². The van der Waals surface area contributed by atoms with Crippen LogP contribution in [0.25, 0.3) is 0 Å². The van der Waals surface area contributed by atoms with Crippen LogP contribution in [0, 0.1) is 5.41 Å². The summed E-state index contributed by atoms with van der Waals surface area (Å²) < 4.78 is 33.2. The van der Waals surface area contributed by atoms with Crippen LogP contribution in [0.1, 0.15) is 63.5 Å². The number of hydrogen-bond acceptors (Lipinski definition) is 4. The number of carbonyl (C=O) groups is 1. The fourth-order valence-electron chi connectivity index (χ4n) is 5.55. The molecule has 1 N–H and O–H groups in total. The number of carbonyl (C=O) groups excluding carboxylic acids is 1. The molecule has 7 nitrogen and oxygen atoms in total. The van der Waals surface area contributed by atoms with Crippen molar-refractivity contribution in [3.05, 3.63) is 53.6 Å². The van der Waals surface area contributed by atoms with Crippen molar-refractivity contribution in [3.8, 4) is 5.75 Å². The van der Waals surface area contributed by atoms with Crippen LogP contribution in [0.5, 0.6) is 5.75 Å². The third-order valence-electron chi connectivity index (χ3n) is 7.74. The summed E-state index contributed by atoms with van der Waals surface area (Å²) >= 11 is 0. The molecule has 2 aliphatic rings. The van der Waals surface area contributed by atoms with Gasteiger partial charge in [0.15, 0.2) is 0 Å². The largest absolute Gasteiger partial charge is 0.497 e. The van der Waals surface area contributed by atoms with E-state index in [0.29, 0.717) is 37.8 Å². The van der Waals surface area contributed by atoms with Crippen LogP contribution in [-0.2, 0) is 16.4 Å². The molecule has 8 heteroatoms. The molecule has 0 radical (unpaired) electrons. The van der Waals surface area contributed by atoms with Gasteiger partial charge in [0, 0.05) is 37.9 Å². The average Bonchev–Trinajstić information content (AvgIpc) is 3.28. The van der Waals surface area contributed by atoms with Gasteiger partial charge >= 0.3 is 6.03 Å². The van der Waals surface area contributed by atoms with E-state index in [1.807, 2.05) is 4.90 Å². The predicted molar refractivity (Wildman–Crippen MR) is 143 cm³/mol. The first-order chi connectivity index (χ1) is 17.2. The molecule has 0 bridgehead atoms. The van der Waals surface area contributed by atoms with E-state index < -0.39 is 10.0 Å². The first-order valence-corrected chi connectivity index (χ1v) is 14.4. The lowest BCUT2D eigenvalue weighted by molar-refractivity contribution is 0.158. The number of likely N-dealkylation sites (tertiary alicyclic amines) is 1. The number of methoxy groups -OCH3 is 1. The lowest BCUT2D eigenvalue weighted by atomic mass is 9.78. The van der Waals surface area contributed by atoms with Crippen LogP contribution in [0.2, 0.25) is 0 Å². The minimum absolute atomic E-state index is 0.0262. The summed E-state index contributed by atoms with van der Waals surface area (Å²) in [6.45, 7) is 8.74. The van der Waals surface area contributed by atoms with E-state index in [1.165, 1.54) is 18.2 Å². The highest BCUT2D eigenvalue weighted by Crippen LogP contribution is 2.42. The molecule has 2 fully saturated rings. The molecule has 2 aromatic rings. The highest BCUT2D eigenvalue weighted by Gasteiger charge is 2.44. The summed E-state index contributed by atoms with van der Waals surface area (Å²) in [6.07, 6.45) is 4.36. The zero-order valence-corrected chi connectivity index (χ0v) is 22.7. The number of amides is 2. The Hall–Kier alpha value is -2.58. The summed E-state index contributed by atoms with van der Waals surface area (Å²) in [5.41, 5.74) is 3.28. The maximum Gasteiger partial charge on any atom is 0.321 e. The van der Waals surface area contributed by atoms with E-state index in [1.54, 1.807) is 28.6 Å². The second-order valence-electron chi connectivity index (χ2n) is 10.5. The number of nitrogens with zero attached hydrogens (tertiary/aromatic N) is 2. The molecule has 1 spiro atoms. The Balaban J connectivity index is 1.41. The van der Waals surface area contributed by atoms with Gasteiger partial charge in [0.05, 0.1) is 12.0 Å². The van der Waals surface area contributed by atoms with Crippen molar-refractivity contribution in [2.75, 3.05) is 38.6 Å². The van der Waals surface area contributed by atoms with Gasteiger partial charge in [0.25, 0.3) is 0 Å². The smallest absolute Gasteiger partial charge is 0.321 e. The van der Waals surface area contributed by atoms with Gasteiger partial charge in [-0.15, -0.1) is 0 Å². The maximum absolute atomic E-state index is 13.3. The molecule has 2 aromatic carbocycles. The van der Waals surface area contributed by atoms with E-state index >= 15 is 0 Å². The first-order valence-electron chi connectivity index (χ1n) is 13.0. The van der Waals surface area contributed by atoms with E-state index in [4.69, 9.17) is 4.74 Å². The Kier molecular flexibility index (Phi) is 7.95. The molecule has 0 aromatic heterocycles. The standard InChI is InChI=1S/C28H39N3O4S/c1-5-8-22-9-6-12-25(21(2)3)26(22)29-27(32)30-16-13-28(20-30)14-17-31(18-15-28)36(33,34)24-11-7-10-23(19-24)35-4/h6-7,9-12,19,21H,5,8,13-18,20H2,1-4H3,(H,29,32). The summed E-state index contributed by atoms with van der Waals surface area (Å²) in [6, 6.07) is 12.9. The van der Waals surface area contributed by atoms with Crippen LogP contribution < -0.4 is 10.1 Å². The summed E-state index contributed by atoms with van der Waals surface area (Å²) in [5.74, 6) is 0.848. The molecule has 196 valence electrons. The van der Waals surface area contributed by atoms with Gasteiger partial charge < -0.3 is 15.0 Å². The van der Waals surface area contributed by atoms with Crippen molar-refractivity contribution in [3.63, 3.8) is 0 Å². The van der Waals surface area contributed by atoms with E-state index in [0.717, 1.165) is 37.8 Å². The molecule has 0 aliphatic carbocycles. The van der Waals surface area contributed by atoms with Crippen molar-refractivity contribution >= 4 is 21.7 Å². The van der Waals surface area contributed by atoms with E-state index in [9.17, 15) is 13.2 Å². The van der Waals surface area contributed by atoms with Gasteiger partial charge in [-0.1, -0.05) is 51.5 Å². The van der Waals surface area contributed by atoms with Crippen molar-refractivity contribution in [1.82, 2.24) is 9.21 Å². The third-order valence-corrected chi connectivity index (χ3v) is 9.64. The molecule has 2 aliphatic heterocycles. The second kappa shape index (κ2) is 10.8. The number of rotatable bonds is 7. The zero-order chi connectivity index (χ0) is 25.9. The van der Waals surface area contributed by atoms with Crippen LogP contribution in [0.3, 0.4) is 0 Å². The monoisotopic (exact) mass is 513 g/mol. The molecule has 2 heterocycles. The number of aryl methyl sites for hydroxylation is 1. The van der Waals surface area contributed by atoms with Crippen molar-refractivity contribution in [2.24, 2.45) is 5.41 Å². The third kappa shape index (κ3) is 5.39. The van der Waals surface area contributed by atoms with Crippen LogP contribution in [-0.4, -0.2) is 56.9 Å². The number of sulfonamides is 1. The average molecular weight is 514 g/mol. The number of anilines is 1. The predicted octanol–water partition coefficient (Wildman–Crippen LogP) is 5.48. The SMILES string of the molecule is CCCc1cccc(C(C)C)c1NC(=O)N1CCC2(CCN(S(=O)(=O)c3cccc(OC)c3)CC2)C1. The highest BCUT2D eigenvalue weighted by atomic mass is 32.2. The fourth-order valence-corrected chi connectivity index (χ4v) is 7.02. The number of ether oxygens (including phenoxy) is 1. The number of para-hydroxylation sites is 1. The minimum atomic E-state index is -3.57. The van der Waals surface area contributed by atoms with Gasteiger partial charge in [-0.2, -0.15) is 4.31 Å². The normalized spacial score (nSPS) is 18.1. The quantitative estimate of drug-likeness (QED) is 0.532. The van der Waals surface area contributed by atoms with Crippen molar-refractivity contribution in [1.29, 1.82) is 0 Å². The Labute approximate surface area is 215 Å². The van der Waals surface area contributed by atoms with Crippen molar-refractivity contribution in [2.45, 2.75) is 63.7 Å². The molecule has 2 amide bonds. The number of hydrogen-bond donors (Lipinski definition) is 1. The molecular weight excluding hydrogens is 474 g/mol. The van der Waals surface area contributed by atoms with Gasteiger partial charge in [-0.3, -0.25) is 0 Å². The van der Waals surface area contributed by atoms with E-state index in [-0.39, 0.29) is 16.3 Å². The van der Waals surface area contributed by atoms with Crippen LogP contribution in [0.4, 0.5) is 10.5 Å². The molecule has 36 heavy (non-hydrogen) atoms. The molecule has 2 saturated heterocycles. The summed E-state index contributed by atoms with van der Waals surface area (Å²) in [4.78, 5) is 15.5. The van der Waals surface area contributed by atoms with Crippen molar-refractivity contribution < 1.29 is 17.9 Å². The highest BCUT2D eigenvalue weighted by molar-refractivity contribution is 7.89. The molecule has 0 saturated carbocycles. The summed E-state index contributed by atoms with van der Waals surface area (Å²) in [5, 5.41) is 3.24. The first kappa shape index (κ1) is 26.5. The Morgan fingerprint density at radius 1 is 1.08 bits per heavy atom. The molecular formula is C28H39N3O4S. The van der Waals surface area contributed by atoms with Crippen LogP contribution in [0.15, 0.2) is 47.4 Å². The Morgan fingerprint density at radius 2 is 1.78 bits per heavy atom. The molecule has 4 rings (SSSR count). The maximum atomic E-state index is 13.3. The number of benzene rings is 2. The zero-order valence-electron chi connectivity index (χ0n) is 21.9. The number of urea groups is 1. The Morgan fingerprint density at radius 3 is 2.44 bits per heavy atom. The minimum Gasteiger partial charge on any atom is -0.497 e. The van der Waals surface area contributed by atoms with Crippen LogP contribution >= 0.6 is 0 Å². The lowest BCUT2D eigenvalue weighted by Crippen LogP contribution is -2.45. The number of nitrogens with one attached hydrogen (secondary N) is 1. The number of piperidine rings is 1. The molecule has 0 unspecified atom stereocenters. The molecule has 0 atom stereocenters. The Bertz CT molecular complexity index is 1190. The van der Waals surface area contributed by atoms with Gasteiger partial charge in [0.1, 0.15) is 5.75 Å². The van der Waals surface area contributed by atoms with Gasteiger partial charge in [-0.05, 0) is 60.3 Å².